The molecule has 2 rings (SSSR count). The second-order valence-electron chi connectivity index (χ2n) is 5.13. The van der Waals surface area contributed by atoms with Gasteiger partial charge in [0.2, 0.25) is 0 Å². The van der Waals surface area contributed by atoms with Crippen LogP contribution in [-0.4, -0.2) is 49.3 Å². The quantitative estimate of drug-likeness (QED) is 0.704. The highest BCUT2D eigenvalue weighted by Crippen LogP contribution is 2.17. The fraction of sp³-hybridized carbons (Fsp3) is 1.00. The highest BCUT2D eigenvalue weighted by Gasteiger charge is 2.19. The van der Waals surface area contributed by atoms with Crippen molar-refractivity contribution in [2.24, 2.45) is 11.8 Å². The zero-order chi connectivity index (χ0) is 10.5. The molecule has 0 amide bonds. The van der Waals surface area contributed by atoms with Crippen molar-refractivity contribution in [1.82, 2.24) is 10.2 Å². The van der Waals surface area contributed by atoms with Crippen molar-refractivity contribution < 1.29 is 5.11 Å². The Kier molecular flexibility index (Phi) is 4.42. The van der Waals surface area contributed by atoms with Crippen LogP contribution in [0.3, 0.4) is 0 Å². The molecule has 2 saturated heterocycles. The van der Waals surface area contributed by atoms with E-state index in [9.17, 15) is 0 Å². The Hall–Kier alpha value is -0.120. The molecule has 0 unspecified atom stereocenters. The molecule has 3 nitrogen and oxygen atoms in total. The van der Waals surface area contributed by atoms with Gasteiger partial charge in [-0.25, -0.2) is 0 Å². The SMILES string of the molecule is OCC1CCN(CCCC2CNC2)CC1. The topological polar surface area (TPSA) is 35.5 Å². The predicted molar refractivity (Wildman–Crippen MR) is 61.8 cm³/mol. The number of aliphatic hydroxyl groups is 1. The molecule has 2 heterocycles. The van der Waals surface area contributed by atoms with Gasteiger partial charge in [-0.15, -0.1) is 0 Å². The monoisotopic (exact) mass is 212 g/mol. The number of nitrogens with one attached hydrogen (secondary N) is 1. The molecule has 0 bridgehead atoms. The summed E-state index contributed by atoms with van der Waals surface area (Å²) in [5.41, 5.74) is 0. The van der Waals surface area contributed by atoms with E-state index in [4.69, 9.17) is 5.11 Å². The lowest BCUT2D eigenvalue weighted by Crippen LogP contribution is -2.42. The summed E-state index contributed by atoms with van der Waals surface area (Å²) in [5.74, 6) is 1.54. The molecule has 2 aliphatic heterocycles. The Morgan fingerprint density at radius 3 is 2.40 bits per heavy atom. The Balaban J connectivity index is 1.52. The molecule has 0 aromatic rings. The smallest absolute Gasteiger partial charge is 0.0460 e. The number of likely N-dealkylation sites (tertiary alicyclic amines) is 1. The van der Waals surface area contributed by atoms with Gasteiger partial charge < -0.3 is 15.3 Å². The van der Waals surface area contributed by atoms with Gasteiger partial charge in [0.15, 0.2) is 0 Å². The van der Waals surface area contributed by atoms with Crippen LogP contribution in [0.25, 0.3) is 0 Å². The second-order valence-corrected chi connectivity index (χ2v) is 5.13. The number of hydrogen-bond acceptors (Lipinski definition) is 3. The summed E-state index contributed by atoms with van der Waals surface area (Å²) in [7, 11) is 0. The Morgan fingerprint density at radius 1 is 1.13 bits per heavy atom. The third-order valence-electron chi connectivity index (χ3n) is 3.92. The van der Waals surface area contributed by atoms with Crippen LogP contribution in [0.4, 0.5) is 0 Å². The van der Waals surface area contributed by atoms with Crippen LogP contribution in [0.5, 0.6) is 0 Å². The number of rotatable bonds is 5. The fourth-order valence-electron chi connectivity index (χ4n) is 2.55. The molecule has 15 heavy (non-hydrogen) atoms. The molecular weight excluding hydrogens is 188 g/mol. The third-order valence-corrected chi connectivity index (χ3v) is 3.92. The van der Waals surface area contributed by atoms with Crippen LogP contribution in [-0.2, 0) is 0 Å². The third kappa shape index (κ3) is 3.44. The molecular formula is C12H24N2O. The maximum atomic E-state index is 9.04. The molecule has 0 spiro atoms. The normalized spacial score (nSPS) is 25.4. The standard InChI is InChI=1S/C12H24N2O/c15-10-11-3-6-14(7-4-11)5-1-2-12-8-13-9-12/h11-13,15H,1-10H2. The summed E-state index contributed by atoms with van der Waals surface area (Å²) in [6, 6.07) is 0. The molecule has 2 N–H and O–H groups in total. The van der Waals surface area contributed by atoms with Crippen LogP contribution < -0.4 is 5.32 Å². The van der Waals surface area contributed by atoms with Gasteiger partial charge in [0.05, 0.1) is 0 Å². The van der Waals surface area contributed by atoms with Crippen LogP contribution in [0.1, 0.15) is 25.7 Å². The molecule has 0 aromatic heterocycles. The van der Waals surface area contributed by atoms with Gasteiger partial charge in [0.1, 0.15) is 0 Å². The van der Waals surface area contributed by atoms with E-state index in [2.05, 4.69) is 10.2 Å². The van der Waals surface area contributed by atoms with Crippen molar-refractivity contribution >= 4 is 0 Å². The molecule has 88 valence electrons. The van der Waals surface area contributed by atoms with Crippen LogP contribution in [0, 0.1) is 11.8 Å². The van der Waals surface area contributed by atoms with Gasteiger partial charge in [-0.1, -0.05) is 0 Å². The van der Waals surface area contributed by atoms with Crippen molar-refractivity contribution in [3.05, 3.63) is 0 Å². The van der Waals surface area contributed by atoms with Crippen molar-refractivity contribution in [2.45, 2.75) is 25.7 Å². The summed E-state index contributed by atoms with van der Waals surface area (Å²) in [5, 5.41) is 12.4. The zero-order valence-electron chi connectivity index (χ0n) is 9.62. The number of piperidine rings is 1. The maximum Gasteiger partial charge on any atom is 0.0460 e. The number of nitrogens with zero attached hydrogens (tertiary/aromatic N) is 1. The maximum absolute atomic E-state index is 9.04. The van der Waals surface area contributed by atoms with Gasteiger partial charge in [-0.3, -0.25) is 0 Å². The van der Waals surface area contributed by atoms with Gasteiger partial charge in [0, 0.05) is 6.61 Å². The molecule has 3 heteroatoms. The van der Waals surface area contributed by atoms with E-state index in [0.717, 1.165) is 5.92 Å². The summed E-state index contributed by atoms with van der Waals surface area (Å²) < 4.78 is 0. The van der Waals surface area contributed by atoms with E-state index in [0.29, 0.717) is 12.5 Å². The van der Waals surface area contributed by atoms with E-state index in [1.165, 1.54) is 58.4 Å². The summed E-state index contributed by atoms with van der Waals surface area (Å²) in [4.78, 5) is 2.57. The summed E-state index contributed by atoms with van der Waals surface area (Å²) in [6.07, 6.45) is 5.14. The van der Waals surface area contributed by atoms with Gasteiger partial charge in [-0.2, -0.15) is 0 Å². The molecule has 0 atom stereocenters. The van der Waals surface area contributed by atoms with Crippen molar-refractivity contribution in [2.75, 3.05) is 39.3 Å². The van der Waals surface area contributed by atoms with E-state index in [1.807, 2.05) is 0 Å². The Bertz CT molecular complexity index is 174. The van der Waals surface area contributed by atoms with Crippen molar-refractivity contribution in [3.63, 3.8) is 0 Å². The van der Waals surface area contributed by atoms with Crippen LogP contribution in [0.2, 0.25) is 0 Å². The van der Waals surface area contributed by atoms with Crippen LogP contribution >= 0.6 is 0 Å². The van der Waals surface area contributed by atoms with Crippen LogP contribution in [0.15, 0.2) is 0 Å². The van der Waals surface area contributed by atoms with Gasteiger partial charge in [-0.05, 0) is 70.2 Å². The molecule has 2 aliphatic rings. The predicted octanol–water partition coefficient (Wildman–Crippen LogP) is 0.690. The lowest BCUT2D eigenvalue weighted by molar-refractivity contribution is 0.128. The van der Waals surface area contributed by atoms with E-state index in [1.54, 1.807) is 0 Å². The number of hydrogen-bond donors (Lipinski definition) is 2. The molecule has 0 aromatic carbocycles. The lowest BCUT2D eigenvalue weighted by atomic mass is 9.95. The van der Waals surface area contributed by atoms with Crippen molar-refractivity contribution in [1.29, 1.82) is 0 Å². The first kappa shape index (κ1) is 11.4. The average molecular weight is 212 g/mol. The largest absolute Gasteiger partial charge is 0.396 e. The number of aliphatic hydroxyl groups excluding tert-OH is 1. The average Bonchev–Trinajstić information content (AvgIpc) is 2.23. The Morgan fingerprint density at radius 2 is 1.87 bits per heavy atom. The van der Waals surface area contributed by atoms with E-state index >= 15 is 0 Å². The minimum absolute atomic E-state index is 0.390. The minimum Gasteiger partial charge on any atom is -0.396 e. The first-order valence-corrected chi connectivity index (χ1v) is 6.42. The fourth-order valence-corrected chi connectivity index (χ4v) is 2.55. The Labute approximate surface area is 92.8 Å². The molecule has 2 fully saturated rings. The minimum atomic E-state index is 0.390. The van der Waals surface area contributed by atoms with Gasteiger partial charge >= 0.3 is 0 Å². The summed E-state index contributed by atoms with van der Waals surface area (Å²) >= 11 is 0. The highest BCUT2D eigenvalue weighted by atomic mass is 16.3. The first-order valence-electron chi connectivity index (χ1n) is 6.42. The first-order chi connectivity index (χ1) is 7.38. The van der Waals surface area contributed by atoms with Gasteiger partial charge in [0.25, 0.3) is 0 Å². The van der Waals surface area contributed by atoms with Crippen molar-refractivity contribution in [3.8, 4) is 0 Å². The molecule has 0 aliphatic carbocycles. The van der Waals surface area contributed by atoms with E-state index in [-0.39, 0.29) is 0 Å². The zero-order valence-corrected chi connectivity index (χ0v) is 9.62. The van der Waals surface area contributed by atoms with E-state index < -0.39 is 0 Å². The summed E-state index contributed by atoms with van der Waals surface area (Å²) in [6.45, 7) is 6.55. The second kappa shape index (κ2) is 5.83. The highest BCUT2D eigenvalue weighted by molar-refractivity contribution is 4.76. The molecule has 0 saturated carbocycles. The lowest BCUT2D eigenvalue weighted by Gasteiger charge is -2.32. The molecule has 0 radical (unpaired) electrons.